The van der Waals surface area contributed by atoms with Gasteiger partial charge in [0.25, 0.3) is 0 Å². The SMILES string of the molecule is COc1ccc(CC(=O)NC(C)C)cc1S(N)(=O)=O. The van der Waals surface area contributed by atoms with E-state index < -0.39 is 10.0 Å². The lowest BCUT2D eigenvalue weighted by atomic mass is 10.1. The first-order valence-corrected chi connectivity index (χ1v) is 7.27. The molecular weight excluding hydrogens is 268 g/mol. The molecule has 106 valence electrons. The Hall–Kier alpha value is -1.60. The van der Waals surface area contributed by atoms with Crippen LogP contribution in [-0.2, 0) is 21.2 Å². The molecule has 0 radical (unpaired) electrons. The number of rotatable bonds is 5. The molecule has 0 atom stereocenters. The monoisotopic (exact) mass is 286 g/mol. The Kier molecular flexibility index (Phi) is 4.90. The molecular formula is C12H18N2O4S. The maximum Gasteiger partial charge on any atom is 0.241 e. The summed E-state index contributed by atoms with van der Waals surface area (Å²) < 4.78 is 27.8. The van der Waals surface area contributed by atoms with E-state index in [4.69, 9.17) is 9.88 Å². The number of hydrogen-bond donors (Lipinski definition) is 2. The Morgan fingerprint density at radius 3 is 2.53 bits per heavy atom. The number of benzene rings is 1. The van der Waals surface area contributed by atoms with Crippen LogP contribution in [0.2, 0.25) is 0 Å². The molecule has 0 fully saturated rings. The van der Waals surface area contributed by atoms with Gasteiger partial charge in [-0.25, -0.2) is 13.6 Å². The average Bonchev–Trinajstić information content (AvgIpc) is 2.26. The molecule has 0 saturated heterocycles. The van der Waals surface area contributed by atoms with Gasteiger partial charge in [0.2, 0.25) is 15.9 Å². The predicted octanol–water partition coefficient (Wildman–Crippen LogP) is 0.410. The second-order valence-electron chi connectivity index (χ2n) is 4.43. The summed E-state index contributed by atoms with van der Waals surface area (Å²) in [5, 5.41) is 7.83. The summed E-state index contributed by atoms with van der Waals surface area (Å²) in [5.74, 6) is -0.0175. The molecule has 1 aromatic rings. The van der Waals surface area contributed by atoms with Crippen LogP contribution in [0.3, 0.4) is 0 Å². The van der Waals surface area contributed by atoms with Crippen LogP contribution in [0, 0.1) is 0 Å². The van der Waals surface area contributed by atoms with Crippen molar-refractivity contribution in [3.05, 3.63) is 23.8 Å². The van der Waals surface area contributed by atoms with E-state index in [1.165, 1.54) is 19.2 Å². The molecule has 0 heterocycles. The van der Waals surface area contributed by atoms with Crippen molar-refractivity contribution in [3.63, 3.8) is 0 Å². The van der Waals surface area contributed by atoms with Crippen molar-refractivity contribution in [1.29, 1.82) is 0 Å². The number of hydrogen-bond acceptors (Lipinski definition) is 4. The molecule has 0 aliphatic rings. The zero-order valence-electron chi connectivity index (χ0n) is 11.1. The molecule has 0 spiro atoms. The van der Waals surface area contributed by atoms with E-state index in [0.29, 0.717) is 5.56 Å². The van der Waals surface area contributed by atoms with Crippen LogP contribution in [0.4, 0.5) is 0 Å². The van der Waals surface area contributed by atoms with E-state index in [9.17, 15) is 13.2 Å². The van der Waals surface area contributed by atoms with Gasteiger partial charge >= 0.3 is 0 Å². The fourth-order valence-corrected chi connectivity index (χ4v) is 2.36. The fourth-order valence-electron chi connectivity index (χ4n) is 1.61. The summed E-state index contributed by atoms with van der Waals surface area (Å²) in [6, 6.07) is 4.50. The molecule has 0 bridgehead atoms. The summed E-state index contributed by atoms with van der Waals surface area (Å²) in [4.78, 5) is 11.5. The molecule has 7 heteroatoms. The normalized spacial score (nSPS) is 11.4. The summed E-state index contributed by atoms with van der Waals surface area (Å²) in [6.07, 6.45) is 0.0880. The van der Waals surface area contributed by atoms with Crippen molar-refractivity contribution >= 4 is 15.9 Å². The minimum absolute atomic E-state index is 0.0310. The van der Waals surface area contributed by atoms with E-state index in [-0.39, 0.29) is 29.0 Å². The van der Waals surface area contributed by atoms with Crippen LogP contribution in [0.25, 0.3) is 0 Å². The maximum atomic E-state index is 11.6. The number of nitrogens with one attached hydrogen (secondary N) is 1. The Labute approximate surface area is 113 Å². The molecule has 19 heavy (non-hydrogen) atoms. The number of carbonyl (C=O) groups is 1. The Bertz CT molecular complexity index is 567. The van der Waals surface area contributed by atoms with Crippen LogP contribution in [0.1, 0.15) is 19.4 Å². The van der Waals surface area contributed by atoms with E-state index in [0.717, 1.165) is 0 Å². The third kappa shape index (κ3) is 4.53. The second kappa shape index (κ2) is 6.03. The van der Waals surface area contributed by atoms with Gasteiger partial charge in [-0.1, -0.05) is 6.07 Å². The third-order valence-corrected chi connectivity index (χ3v) is 3.28. The van der Waals surface area contributed by atoms with Gasteiger partial charge in [0.15, 0.2) is 0 Å². The second-order valence-corrected chi connectivity index (χ2v) is 5.96. The first-order valence-electron chi connectivity index (χ1n) is 5.73. The summed E-state index contributed by atoms with van der Waals surface area (Å²) in [7, 11) is -2.53. The molecule has 0 aliphatic heterocycles. The average molecular weight is 286 g/mol. The molecule has 6 nitrogen and oxygen atoms in total. The van der Waals surface area contributed by atoms with Crippen LogP contribution in [0.15, 0.2) is 23.1 Å². The molecule has 1 rings (SSSR count). The van der Waals surface area contributed by atoms with Gasteiger partial charge in [-0.3, -0.25) is 4.79 Å². The lowest BCUT2D eigenvalue weighted by Crippen LogP contribution is -2.31. The topological polar surface area (TPSA) is 98.5 Å². The van der Waals surface area contributed by atoms with Gasteiger partial charge in [-0.2, -0.15) is 0 Å². The standard InChI is InChI=1S/C12H18N2O4S/c1-8(2)14-12(15)7-9-4-5-10(18-3)11(6-9)19(13,16)17/h4-6,8H,7H2,1-3H3,(H,14,15)(H2,13,16,17). The smallest absolute Gasteiger partial charge is 0.241 e. The molecule has 0 aliphatic carbocycles. The van der Waals surface area contributed by atoms with Gasteiger partial charge in [0, 0.05) is 6.04 Å². The fraction of sp³-hybridized carbons (Fsp3) is 0.417. The predicted molar refractivity (Wildman–Crippen MR) is 71.3 cm³/mol. The molecule has 1 aromatic carbocycles. The summed E-state index contributed by atoms with van der Waals surface area (Å²) in [6.45, 7) is 3.70. The largest absolute Gasteiger partial charge is 0.495 e. The third-order valence-electron chi connectivity index (χ3n) is 2.35. The van der Waals surface area contributed by atoms with E-state index in [2.05, 4.69) is 5.32 Å². The zero-order chi connectivity index (χ0) is 14.6. The number of nitrogens with two attached hydrogens (primary N) is 1. The molecule has 0 aromatic heterocycles. The van der Waals surface area contributed by atoms with Gasteiger partial charge in [0.1, 0.15) is 10.6 Å². The zero-order valence-corrected chi connectivity index (χ0v) is 12.0. The number of ether oxygens (including phenoxy) is 1. The number of carbonyl (C=O) groups excluding carboxylic acids is 1. The Morgan fingerprint density at radius 2 is 2.05 bits per heavy atom. The van der Waals surface area contributed by atoms with E-state index >= 15 is 0 Å². The number of methoxy groups -OCH3 is 1. The van der Waals surface area contributed by atoms with Crippen LogP contribution in [0.5, 0.6) is 5.75 Å². The van der Waals surface area contributed by atoms with E-state index in [1.807, 2.05) is 13.8 Å². The summed E-state index contributed by atoms with van der Waals surface area (Å²) in [5.41, 5.74) is 0.558. The van der Waals surface area contributed by atoms with Gasteiger partial charge in [-0.15, -0.1) is 0 Å². The first-order chi connectivity index (χ1) is 8.74. The highest BCUT2D eigenvalue weighted by Crippen LogP contribution is 2.23. The van der Waals surface area contributed by atoms with Gasteiger partial charge < -0.3 is 10.1 Å². The van der Waals surface area contributed by atoms with Crippen molar-refractivity contribution in [1.82, 2.24) is 5.32 Å². The summed E-state index contributed by atoms with van der Waals surface area (Å²) >= 11 is 0. The number of amides is 1. The highest BCUT2D eigenvalue weighted by atomic mass is 32.2. The minimum atomic E-state index is -3.88. The highest BCUT2D eigenvalue weighted by Gasteiger charge is 2.16. The lowest BCUT2D eigenvalue weighted by molar-refractivity contribution is -0.120. The van der Waals surface area contributed by atoms with Crippen molar-refractivity contribution in [3.8, 4) is 5.75 Å². The molecule has 1 amide bonds. The highest BCUT2D eigenvalue weighted by molar-refractivity contribution is 7.89. The van der Waals surface area contributed by atoms with Crippen LogP contribution < -0.4 is 15.2 Å². The van der Waals surface area contributed by atoms with Crippen molar-refractivity contribution in [2.75, 3.05) is 7.11 Å². The minimum Gasteiger partial charge on any atom is -0.495 e. The lowest BCUT2D eigenvalue weighted by Gasteiger charge is -2.11. The van der Waals surface area contributed by atoms with Crippen molar-refractivity contribution in [2.24, 2.45) is 5.14 Å². The quantitative estimate of drug-likeness (QED) is 0.819. The molecule has 0 unspecified atom stereocenters. The molecule has 3 N–H and O–H groups in total. The Balaban J connectivity index is 3.03. The van der Waals surface area contributed by atoms with Crippen LogP contribution in [-0.4, -0.2) is 27.5 Å². The van der Waals surface area contributed by atoms with Crippen molar-refractivity contribution < 1.29 is 17.9 Å². The first kappa shape index (κ1) is 15.5. The van der Waals surface area contributed by atoms with Gasteiger partial charge in [0.05, 0.1) is 13.5 Å². The Morgan fingerprint density at radius 1 is 1.42 bits per heavy atom. The maximum absolute atomic E-state index is 11.6. The van der Waals surface area contributed by atoms with Crippen LogP contribution >= 0.6 is 0 Å². The van der Waals surface area contributed by atoms with Gasteiger partial charge in [-0.05, 0) is 31.5 Å². The number of sulfonamides is 1. The van der Waals surface area contributed by atoms with E-state index in [1.54, 1.807) is 6.07 Å². The molecule has 0 saturated carbocycles. The number of primary sulfonamides is 1. The van der Waals surface area contributed by atoms with Crippen molar-refractivity contribution in [2.45, 2.75) is 31.2 Å².